The Bertz CT molecular complexity index is 857. The Morgan fingerprint density at radius 2 is 1.74 bits per heavy atom. The average Bonchev–Trinajstić information content (AvgIpc) is 3.31. The fourth-order valence-corrected chi connectivity index (χ4v) is 3.35. The van der Waals surface area contributed by atoms with Gasteiger partial charge in [-0.3, -0.25) is 9.69 Å². The fraction of sp³-hybridized carbons (Fsp3) is 0.333. The van der Waals surface area contributed by atoms with Gasteiger partial charge in [0.1, 0.15) is 6.10 Å². The lowest BCUT2D eigenvalue weighted by molar-refractivity contribution is -0.119. The lowest BCUT2D eigenvalue weighted by Gasteiger charge is -2.14. The van der Waals surface area contributed by atoms with Crippen molar-refractivity contribution >= 4 is 17.7 Å². The van der Waals surface area contributed by atoms with E-state index in [0.29, 0.717) is 13.1 Å². The van der Waals surface area contributed by atoms with Crippen LogP contribution in [-0.4, -0.2) is 31.2 Å². The van der Waals surface area contributed by atoms with Gasteiger partial charge in [0.25, 0.3) is 0 Å². The predicted molar refractivity (Wildman–Crippen MR) is 103 cm³/mol. The van der Waals surface area contributed by atoms with E-state index in [9.17, 15) is 9.59 Å². The zero-order valence-electron chi connectivity index (χ0n) is 15.3. The van der Waals surface area contributed by atoms with Crippen LogP contribution in [0, 0.1) is 0 Å². The maximum Gasteiger partial charge on any atom is 0.414 e. The molecular weight excluding hydrogens is 342 g/mol. The highest BCUT2D eigenvalue weighted by atomic mass is 16.6. The first-order valence-corrected chi connectivity index (χ1v) is 9.17. The molecule has 1 aliphatic heterocycles. The van der Waals surface area contributed by atoms with Crippen molar-refractivity contribution in [2.75, 3.05) is 18.0 Å². The van der Waals surface area contributed by atoms with Gasteiger partial charge in [-0.2, -0.15) is 0 Å². The van der Waals surface area contributed by atoms with E-state index in [0.717, 1.165) is 29.7 Å². The zero-order chi connectivity index (χ0) is 19.0. The van der Waals surface area contributed by atoms with Gasteiger partial charge in [-0.1, -0.05) is 36.4 Å². The summed E-state index contributed by atoms with van der Waals surface area (Å²) < 4.78 is 5.31. The molecule has 1 saturated heterocycles. The molecule has 2 aromatic rings. The van der Waals surface area contributed by atoms with Crippen molar-refractivity contribution in [3.63, 3.8) is 0 Å². The molecule has 2 aromatic carbocycles. The smallest absolute Gasteiger partial charge is 0.414 e. The average molecular weight is 365 g/mol. The quantitative estimate of drug-likeness (QED) is 0.853. The van der Waals surface area contributed by atoms with Crippen molar-refractivity contribution < 1.29 is 14.3 Å². The molecule has 4 rings (SSSR count). The number of carbonyl (C=O) groups excluding carboxylic acids is 2. The van der Waals surface area contributed by atoms with Gasteiger partial charge in [0.05, 0.1) is 13.1 Å². The molecule has 3 N–H and O–H groups in total. The van der Waals surface area contributed by atoms with E-state index in [4.69, 9.17) is 10.5 Å². The van der Waals surface area contributed by atoms with E-state index in [1.807, 2.05) is 24.3 Å². The highest BCUT2D eigenvalue weighted by Gasteiger charge is 2.39. The van der Waals surface area contributed by atoms with Crippen LogP contribution in [0.5, 0.6) is 0 Å². The van der Waals surface area contributed by atoms with Crippen molar-refractivity contribution in [3.8, 4) is 11.1 Å². The van der Waals surface area contributed by atoms with Crippen LogP contribution < -0.4 is 16.0 Å². The molecule has 0 unspecified atom stereocenters. The largest absolute Gasteiger partial charge is 0.442 e. The molecule has 6 heteroatoms. The summed E-state index contributed by atoms with van der Waals surface area (Å²) in [4.78, 5) is 24.7. The molecule has 1 saturated carbocycles. The maximum absolute atomic E-state index is 12.1. The van der Waals surface area contributed by atoms with Crippen LogP contribution in [0.3, 0.4) is 0 Å². The predicted octanol–water partition coefficient (Wildman–Crippen LogP) is 2.76. The molecule has 0 aromatic heterocycles. The zero-order valence-corrected chi connectivity index (χ0v) is 15.3. The topological polar surface area (TPSA) is 84.7 Å². The van der Waals surface area contributed by atoms with Gasteiger partial charge < -0.3 is 15.8 Å². The second-order valence-electron chi connectivity index (χ2n) is 7.33. The summed E-state index contributed by atoms with van der Waals surface area (Å²) in [5, 5.41) is 2.68. The second kappa shape index (κ2) is 6.70. The molecule has 140 valence electrons. The minimum atomic E-state index is -0.389. The first kappa shape index (κ1) is 17.5. The summed E-state index contributed by atoms with van der Waals surface area (Å²) in [5.74, 6) is -0.137. The first-order chi connectivity index (χ1) is 12.9. The Labute approximate surface area is 158 Å². The third-order valence-electron chi connectivity index (χ3n) is 5.21. The number of nitrogens with one attached hydrogen (secondary N) is 1. The Kier molecular flexibility index (Phi) is 4.36. The number of ether oxygens (including phenoxy) is 1. The Balaban J connectivity index is 1.44. The van der Waals surface area contributed by atoms with Crippen molar-refractivity contribution in [2.45, 2.75) is 31.4 Å². The molecule has 2 fully saturated rings. The van der Waals surface area contributed by atoms with E-state index < -0.39 is 0 Å². The number of hydrogen-bond donors (Lipinski definition) is 2. The normalized spacial score (nSPS) is 20.3. The fourth-order valence-electron chi connectivity index (χ4n) is 3.35. The number of benzene rings is 2. The van der Waals surface area contributed by atoms with Crippen molar-refractivity contribution in [2.24, 2.45) is 5.73 Å². The summed E-state index contributed by atoms with van der Waals surface area (Å²) in [6.07, 6.45) is 1.38. The third kappa shape index (κ3) is 3.66. The van der Waals surface area contributed by atoms with Gasteiger partial charge in [0, 0.05) is 18.2 Å². The van der Waals surface area contributed by atoms with E-state index in [1.54, 1.807) is 4.90 Å². The van der Waals surface area contributed by atoms with E-state index >= 15 is 0 Å². The van der Waals surface area contributed by atoms with Crippen LogP contribution in [0.1, 0.15) is 25.3 Å². The summed E-state index contributed by atoms with van der Waals surface area (Å²) >= 11 is 0. The molecule has 0 bridgehead atoms. The summed E-state index contributed by atoms with van der Waals surface area (Å²) in [5.41, 5.74) is 10.3. The minimum absolute atomic E-state index is 0.119. The third-order valence-corrected chi connectivity index (χ3v) is 5.21. The highest BCUT2D eigenvalue weighted by Crippen LogP contribution is 2.43. The Morgan fingerprint density at radius 1 is 1.15 bits per heavy atom. The molecule has 0 radical (unpaired) electrons. The first-order valence-electron chi connectivity index (χ1n) is 9.17. The second-order valence-corrected chi connectivity index (χ2v) is 7.33. The number of carbonyl (C=O) groups is 2. The number of nitrogens with two attached hydrogens (primary N) is 1. The van der Waals surface area contributed by atoms with E-state index in [2.05, 4.69) is 29.6 Å². The van der Waals surface area contributed by atoms with Crippen molar-refractivity contribution in [1.29, 1.82) is 0 Å². The van der Waals surface area contributed by atoms with Gasteiger partial charge in [0.15, 0.2) is 0 Å². The monoisotopic (exact) mass is 365 g/mol. The standard InChI is InChI=1S/C21H23N3O3/c1-14(25)23-12-19-13-24(20(26)27-19)18-8-4-16(5-9-18)15-2-6-17(7-3-15)21(22)10-11-21/h2-9,19H,10-13,22H2,1H3,(H,23,25)/t19-/m0/s1. The molecular formula is C21H23N3O3. The molecule has 1 aliphatic carbocycles. The van der Waals surface area contributed by atoms with Gasteiger partial charge in [-0.15, -0.1) is 0 Å². The van der Waals surface area contributed by atoms with Crippen LogP contribution in [0.4, 0.5) is 10.5 Å². The number of rotatable bonds is 5. The lowest BCUT2D eigenvalue weighted by atomic mass is 10.00. The molecule has 2 aliphatic rings. The number of amides is 2. The Morgan fingerprint density at radius 3 is 2.30 bits per heavy atom. The molecule has 6 nitrogen and oxygen atoms in total. The van der Waals surface area contributed by atoms with Crippen LogP contribution in [0.25, 0.3) is 11.1 Å². The molecule has 27 heavy (non-hydrogen) atoms. The van der Waals surface area contributed by atoms with Crippen LogP contribution in [0.2, 0.25) is 0 Å². The van der Waals surface area contributed by atoms with Crippen LogP contribution in [0.15, 0.2) is 48.5 Å². The van der Waals surface area contributed by atoms with E-state index in [-0.39, 0.29) is 23.6 Å². The lowest BCUT2D eigenvalue weighted by Crippen LogP contribution is -2.33. The van der Waals surface area contributed by atoms with Crippen LogP contribution in [-0.2, 0) is 15.1 Å². The molecule has 1 atom stereocenters. The number of nitrogens with zero attached hydrogens (tertiary/aromatic N) is 1. The summed E-state index contributed by atoms with van der Waals surface area (Å²) in [6, 6.07) is 16.2. The molecule has 2 amide bonds. The Hall–Kier alpha value is -2.86. The van der Waals surface area contributed by atoms with Gasteiger partial charge in [-0.05, 0) is 41.7 Å². The number of cyclic esters (lactones) is 1. The van der Waals surface area contributed by atoms with Gasteiger partial charge in [0.2, 0.25) is 5.91 Å². The highest BCUT2D eigenvalue weighted by molar-refractivity contribution is 5.90. The summed E-state index contributed by atoms with van der Waals surface area (Å²) in [6.45, 7) is 2.19. The van der Waals surface area contributed by atoms with Crippen molar-refractivity contribution in [3.05, 3.63) is 54.1 Å². The van der Waals surface area contributed by atoms with Crippen LogP contribution >= 0.6 is 0 Å². The van der Waals surface area contributed by atoms with Gasteiger partial charge in [-0.25, -0.2) is 4.79 Å². The van der Waals surface area contributed by atoms with Crippen molar-refractivity contribution in [1.82, 2.24) is 5.32 Å². The summed E-state index contributed by atoms with van der Waals surface area (Å²) in [7, 11) is 0. The van der Waals surface area contributed by atoms with Gasteiger partial charge >= 0.3 is 6.09 Å². The van der Waals surface area contributed by atoms with E-state index in [1.165, 1.54) is 12.5 Å². The maximum atomic E-state index is 12.1. The molecule has 0 spiro atoms. The number of hydrogen-bond acceptors (Lipinski definition) is 4. The minimum Gasteiger partial charge on any atom is -0.442 e. The number of anilines is 1. The molecule has 1 heterocycles. The SMILES string of the molecule is CC(=O)NC[C@H]1CN(c2ccc(-c3ccc(C4(N)CC4)cc3)cc2)C(=O)O1.